The summed E-state index contributed by atoms with van der Waals surface area (Å²) < 4.78 is 3.27. The predicted molar refractivity (Wildman–Crippen MR) is 79.2 cm³/mol. The van der Waals surface area contributed by atoms with Gasteiger partial charge in [0.25, 0.3) is 0 Å². The Balaban J connectivity index is 1.82. The summed E-state index contributed by atoms with van der Waals surface area (Å²) in [6, 6.07) is 8.22. The Morgan fingerprint density at radius 2 is 2.00 bits per heavy atom. The van der Waals surface area contributed by atoms with Crippen molar-refractivity contribution in [2.24, 2.45) is 7.05 Å². The van der Waals surface area contributed by atoms with Gasteiger partial charge in [0.2, 0.25) is 0 Å². The van der Waals surface area contributed by atoms with Crippen molar-refractivity contribution in [2.75, 3.05) is 26.2 Å². The molecule has 1 aromatic carbocycles. The third-order valence-electron chi connectivity index (χ3n) is 3.75. The van der Waals surface area contributed by atoms with Gasteiger partial charge in [0.05, 0.1) is 5.69 Å². The number of imidazole rings is 1. The Bertz CT molecular complexity index is 637. The highest BCUT2D eigenvalue weighted by molar-refractivity contribution is 5.35. The van der Waals surface area contributed by atoms with Crippen molar-refractivity contribution in [1.29, 1.82) is 0 Å². The molecule has 106 valence electrons. The molecule has 1 aromatic heterocycles. The van der Waals surface area contributed by atoms with Gasteiger partial charge in [0.15, 0.2) is 0 Å². The second-order valence-corrected chi connectivity index (χ2v) is 5.26. The molecule has 0 amide bonds. The molecule has 20 heavy (non-hydrogen) atoms. The number of aryl methyl sites for hydroxylation is 1. The number of nitrogens with zero attached hydrogens (tertiary/aromatic N) is 3. The van der Waals surface area contributed by atoms with E-state index in [1.165, 1.54) is 5.56 Å². The van der Waals surface area contributed by atoms with Crippen LogP contribution in [0.1, 0.15) is 5.56 Å². The summed E-state index contributed by atoms with van der Waals surface area (Å²) in [6.45, 7) is 5.21. The van der Waals surface area contributed by atoms with Crippen molar-refractivity contribution in [3.05, 3.63) is 52.7 Å². The molecule has 5 heteroatoms. The van der Waals surface area contributed by atoms with E-state index in [9.17, 15) is 4.79 Å². The molecule has 0 bridgehead atoms. The summed E-state index contributed by atoms with van der Waals surface area (Å²) in [5, 5.41) is 3.36. The van der Waals surface area contributed by atoms with Gasteiger partial charge in [-0.25, -0.2) is 4.79 Å². The van der Waals surface area contributed by atoms with E-state index in [0.717, 1.165) is 38.4 Å². The van der Waals surface area contributed by atoms with Crippen molar-refractivity contribution in [3.63, 3.8) is 0 Å². The highest BCUT2D eigenvalue weighted by atomic mass is 16.1. The van der Waals surface area contributed by atoms with Crippen molar-refractivity contribution >= 4 is 0 Å². The third kappa shape index (κ3) is 2.69. The topological polar surface area (TPSA) is 42.2 Å². The average Bonchev–Trinajstić information content (AvgIpc) is 2.80. The maximum Gasteiger partial charge on any atom is 0.332 e. The van der Waals surface area contributed by atoms with Crippen LogP contribution in [0.15, 0.2) is 41.5 Å². The lowest BCUT2D eigenvalue weighted by Crippen LogP contribution is -2.42. The molecule has 1 fully saturated rings. The fourth-order valence-electron chi connectivity index (χ4n) is 2.59. The van der Waals surface area contributed by atoms with Gasteiger partial charge in [-0.05, 0) is 17.7 Å². The van der Waals surface area contributed by atoms with Crippen LogP contribution in [-0.2, 0) is 13.6 Å². The standard InChI is InChI=1S/C15H20N4O/c1-17-9-10-19(15(17)20)14-4-2-3-13(11-14)12-18-7-5-16-6-8-18/h2-4,9-11,16H,5-8,12H2,1H3. The van der Waals surface area contributed by atoms with E-state index in [2.05, 4.69) is 22.3 Å². The van der Waals surface area contributed by atoms with E-state index >= 15 is 0 Å². The van der Waals surface area contributed by atoms with Crippen LogP contribution >= 0.6 is 0 Å². The van der Waals surface area contributed by atoms with Gasteiger partial charge in [0, 0.05) is 52.2 Å². The minimum absolute atomic E-state index is 0.00989. The third-order valence-corrected chi connectivity index (χ3v) is 3.75. The Morgan fingerprint density at radius 1 is 1.20 bits per heavy atom. The predicted octanol–water partition coefficient (Wildman–Crippen LogP) is 0.581. The van der Waals surface area contributed by atoms with Crippen LogP contribution in [0.4, 0.5) is 0 Å². The zero-order valence-electron chi connectivity index (χ0n) is 11.7. The first-order chi connectivity index (χ1) is 9.74. The monoisotopic (exact) mass is 272 g/mol. The number of aromatic nitrogens is 2. The van der Waals surface area contributed by atoms with Crippen LogP contribution < -0.4 is 11.0 Å². The molecule has 1 aliphatic rings. The second-order valence-electron chi connectivity index (χ2n) is 5.26. The number of nitrogens with one attached hydrogen (secondary N) is 1. The number of piperazine rings is 1. The molecule has 0 saturated carbocycles. The quantitative estimate of drug-likeness (QED) is 0.889. The van der Waals surface area contributed by atoms with Crippen LogP contribution in [0.3, 0.4) is 0 Å². The fourth-order valence-corrected chi connectivity index (χ4v) is 2.59. The molecule has 0 aliphatic carbocycles. The van der Waals surface area contributed by atoms with Gasteiger partial charge in [-0.15, -0.1) is 0 Å². The Morgan fingerprint density at radius 3 is 2.70 bits per heavy atom. The molecule has 1 aliphatic heterocycles. The van der Waals surface area contributed by atoms with Crippen LogP contribution in [0.2, 0.25) is 0 Å². The van der Waals surface area contributed by atoms with E-state index in [4.69, 9.17) is 0 Å². The van der Waals surface area contributed by atoms with Gasteiger partial charge in [-0.2, -0.15) is 0 Å². The van der Waals surface area contributed by atoms with Gasteiger partial charge in [0.1, 0.15) is 0 Å². The normalized spacial score (nSPS) is 16.4. The van der Waals surface area contributed by atoms with Crippen molar-refractivity contribution in [3.8, 4) is 5.69 Å². The van der Waals surface area contributed by atoms with Gasteiger partial charge in [-0.1, -0.05) is 12.1 Å². The van der Waals surface area contributed by atoms with Crippen LogP contribution in [0.25, 0.3) is 5.69 Å². The maximum atomic E-state index is 12.0. The van der Waals surface area contributed by atoms with Crippen LogP contribution in [0.5, 0.6) is 0 Å². The first-order valence-electron chi connectivity index (χ1n) is 7.00. The smallest absolute Gasteiger partial charge is 0.314 e. The zero-order valence-corrected chi connectivity index (χ0v) is 11.7. The lowest BCUT2D eigenvalue weighted by molar-refractivity contribution is 0.233. The maximum absolute atomic E-state index is 12.0. The summed E-state index contributed by atoms with van der Waals surface area (Å²) in [4.78, 5) is 14.4. The highest BCUT2D eigenvalue weighted by Gasteiger charge is 2.10. The number of rotatable bonds is 3. The van der Waals surface area contributed by atoms with E-state index in [0.29, 0.717) is 0 Å². The van der Waals surface area contributed by atoms with Gasteiger partial charge in [-0.3, -0.25) is 9.47 Å². The number of hydrogen-bond donors (Lipinski definition) is 1. The molecule has 2 heterocycles. The summed E-state index contributed by atoms with van der Waals surface area (Å²) in [6.07, 6.45) is 3.59. The van der Waals surface area contributed by atoms with E-state index < -0.39 is 0 Å². The molecule has 0 atom stereocenters. The molecule has 2 aromatic rings. The minimum Gasteiger partial charge on any atom is -0.314 e. The zero-order chi connectivity index (χ0) is 13.9. The minimum atomic E-state index is -0.00989. The van der Waals surface area contributed by atoms with Crippen molar-refractivity contribution in [2.45, 2.75) is 6.54 Å². The number of benzene rings is 1. The summed E-state index contributed by atoms with van der Waals surface area (Å²) in [5.74, 6) is 0. The summed E-state index contributed by atoms with van der Waals surface area (Å²) in [5.41, 5.74) is 2.17. The molecule has 0 radical (unpaired) electrons. The molecule has 1 saturated heterocycles. The van der Waals surface area contributed by atoms with E-state index in [-0.39, 0.29) is 5.69 Å². The summed E-state index contributed by atoms with van der Waals surface area (Å²) >= 11 is 0. The Kier molecular flexibility index (Phi) is 3.71. The molecule has 0 unspecified atom stereocenters. The lowest BCUT2D eigenvalue weighted by Gasteiger charge is -2.27. The van der Waals surface area contributed by atoms with Crippen molar-refractivity contribution < 1.29 is 0 Å². The van der Waals surface area contributed by atoms with E-state index in [1.54, 1.807) is 22.4 Å². The first-order valence-corrected chi connectivity index (χ1v) is 7.00. The molecule has 0 spiro atoms. The van der Waals surface area contributed by atoms with Gasteiger partial charge >= 0.3 is 5.69 Å². The van der Waals surface area contributed by atoms with Gasteiger partial charge < -0.3 is 9.88 Å². The number of hydrogen-bond acceptors (Lipinski definition) is 3. The van der Waals surface area contributed by atoms with Crippen molar-refractivity contribution in [1.82, 2.24) is 19.4 Å². The average molecular weight is 272 g/mol. The molecular weight excluding hydrogens is 252 g/mol. The molecule has 5 nitrogen and oxygen atoms in total. The molecular formula is C15H20N4O. The highest BCUT2D eigenvalue weighted by Crippen LogP contribution is 2.11. The summed E-state index contributed by atoms with van der Waals surface area (Å²) in [7, 11) is 1.77. The Labute approximate surface area is 118 Å². The SMILES string of the molecule is Cn1ccn(-c2cccc(CN3CCNCC3)c2)c1=O. The Hall–Kier alpha value is -1.85. The molecule has 3 rings (SSSR count). The largest absolute Gasteiger partial charge is 0.332 e. The van der Waals surface area contributed by atoms with Crippen LogP contribution in [0, 0.1) is 0 Å². The first kappa shape index (κ1) is 13.1. The second kappa shape index (κ2) is 5.64. The molecule has 1 N–H and O–H groups in total. The van der Waals surface area contributed by atoms with Crippen LogP contribution in [-0.4, -0.2) is 40.2 Å². The lowest BCUT2D eigenvalue weighted by atomic mass is 10.1. The fraction of sp³-hybridized carbons (Fsp3) is 0.400. The van der Waals surface area contributed by atoms with E-state index in [1.807, 2.05) is 18.3 Å².